The zero-order chi connectivity index (χ0) is 13.1. The van der Waals surface area contributed by atoms with Gasteiger partial charge in [0.25, 0.3) is 0 Å². The summed E-state index contributed by atoms with van der Waals surface area (Å²) < 4.78 is 6.04. The van der Waals surface area contributed by atoms with Crippen molar-refractivity contribution in [3.63, 3.8) is 0 Å². The first kappa shape index (κ1) is 12.6. The fourth-order valence-electron chi connectivity index (χ4n) is 1.53. The highest BCUT2D eigenvalue weighted by molar-refractivity contribution is 9.10. The zero-order valence-electron chi connectivity index (χ0n) is 9.64. The summed E-state index contributed by atoms with van der Waals surface area (Å²) in [6, 6.07) is 8.80. The topological polar surface area (TPSA) is 68.3 Å². The van der Waals surface area contributed by atoms with Gasteiger partial charge in [-0.05, 0) is 40.5 Å². The van der Waals surface area contributed by atoms with Crippen LogP contribution in [-0.4, -0.2) is 4.92 Å². The van der Waals surface area contributed by atoms with Gasteiger partial charge in [-0.3, -0.25) is 10.1 Å². The molecule has 0 amide bonds. The van der Waals surface area contributed by atoms with Gasteiger partial charge >= 0.3 is 5.88 Å². The third kappa shape index (κ3) is 2.70. The molecule has 5 nitrogen and oxygen atoms in total. The van der Waals surface area contributed by atoms with E-state index in [0.29, 0.717) is 12.3 Å². The van der Waals surface area contributed by atoms with Crippen molar-refractivity contribution in [3.8, 4) is 0 Å². The van der Waals surface area contributed by atoms with E-state index in [2.05, 4.69) is 21.2 Å². The number of anilines is 1. The van der Waals surface area contributed by atoms with Gasteiger partial charge in [0.15, 0.2) is 0 Å². The zero-order valence-corrected chi connectivity index (χ0v) is 11.2. The molecule has 0 unspecified atom stereocenters. The minimum absolute atomic E-state index is 0.241. The molecular formula is C12H11BrN2O3. The van der Waals surface area contributed by atoms with E-state index in [1.807, 2.05) is 25.1 Å². The highest BCUT2D eigenvalue weighted by Crippen LogP contribution is 2.26. The smallest absolute Gasteiger partial charge is 0.404 e. The number of halogens is 1. The molecule has 2 aromatic rings. The van der Waals surface area contributed by atoms with Gasteiger partial charge in [-0.1, -0.05) is 12.1 Å². The minimum Gasteiger partial charge on any atom is -0.404 e. The van der Waals surface area contributed by atoms with Crippen LogP contribution in [0.4, 0.5) is 11.6 Å². The molecule has 6 heteroatoms. The van der Waals surface area contributed by atoms with Gasteiger partial charge in [-0.25, -0.2) is 0 Å². The SMILES string of the molecule is Cc1cccc(NCc2ccc([N+](=O)[O-])o2)c1Br. The third-order valence-corrected chi connectivity index (χ3v) is 3.52. The second-order valence-corrected chi connectivity index (χ2v) is 4.58. The van der Waals surface area contributed by atoms with Gasteiger partial charge in [-0.2, -0.15) is 0 Å². The number of benzene rings is 1. The summed E-state index contributed by atoms with van der Waals surface area (Å²) >= 11 is 3.48. The normalized spacial score (nSPS) is 10.3. The standard InChI is InChI=1S/C12H11BrN2O3/c1-8-3-2-4-10(12(8)13)14-7-9-5-6-11(18-9)15(16)17/h2-6,14H,7H2,1H3. The lowest BCUT2D eigenvalue weighted by molar-refractivity contribution is -0.402. The van der Waals surface area contributed by atoms with Gasteiger partial charge in [0.1, 0.15) is 10.7 Å². The molecule has 0 bridgehead atoms. The second kappa shape index (κ2) is 5.22. The van der Waals surface area contributed by atoms with E-state index >= 15 is 0 Å². The Morgan fingerprint density at radius 1 is 1.39 bits per heavy atom. The number of furan rings is 1. The molecule has 0 aliphatic heterocycles. The van der Waals surface area contributed by atoms with E-state index in [0.717, 1.165) is 15.7 Å². The molecule has 0 spiro atoms. The second-order valence-electron chi connectivity index (χ2n) is 3.79. The van der Waals surface area contributed by atoms with Gasteiger partial charge in [0.05, 0.1) is 12.6 Å². The lowest BCUT2D eigenvalue weighted by Crippen LogP contribution is -1.99. The molecule has 1 aromatic carbocycles. The minimum atomic E-state index is -0.550. The maximum absolute atomic E-state index is 10.5. The first-order valence-corrected chi connectivity index (χ1v) is 6.09. The van der Waals surface area contributed by atoms with Crippen LogP contribution in [0, 0.1) is 17.0 Å². The number of hydrogen-bond acceptors (Lipinski definition) is 4. The summed E-state index contributed by atoms with van der Waals surface area (Å²) in [5, 5.41) is 13.6. The lowest BCUT2D eigenvalue weighted by Gasteiger charge is -2.08. The van der Waals surface area contributed by atoms with Gasteiger partial charge in [0, 0.05) is 10.2 Å². The summed E-state index contributed by atoms with van der Waals surface area (Å²) in [7, 11) is 0. The van der Waals surface area contributed by atoms with E-state index in [9.17, 15) is 10.1 Å². The van der Waals surface area contributed by atoms with E-state index < -0.39 is 4.92 Å². The molecule has 0 fully saturated rings. The molecule has 1 heterocycles. The Morgan fingerprint density at radius 2 is 2.17 bits per heavy atom. The summed E-state index contributed by atoms with van der Waals surface area (Å²) in [5.74, 6) is 0.283. The van der Waals surface area contributed by atoms with Gasteiger partial charge in [-0.15, -0.1) is 0 Å². The first-order valence-electron chi connectivity index (χ1n) is 5.30. The summed E-state index contributed by atoms with van der Waals surface area (Å²) in [6.07, 6.45) is 0. The van der Waals surface area contributed by atoms with Crippen LogP contribution in [0.15, 0.2) is 39.2 Å². The largest absolute Gasteiger partial charge is 0.433 e. The molecule has 0 aliphatic carbocycles. The molecule has 0 atom stereocenters. The van der Waals surface area contributed by atoms with Crippen LogP contribution in [0.5, 0.6) is 0 Å². The highest BCUT2D eigenvalue weighted by atomic mass is 79.9. The van der Waals surface area contributed by atoms with Crippen molar-refractivity contribution in [3.05, 3.63) is 56.2 Å². The van der Waals surface area contributed by atoms with E-state index in [4.69, 9.17) is 4.42 Å². The average molecular weight is 311 g/mol. The van der Waals surface area contributed by atoms with Crippen molar-refractivity contribution < 1.29 is 9.34 Å². The predicted molar refractivity (Wildman–Crippen MR) is 71.6 cm³/mol. The fraction of sp³-hybridized carbons (Fsp3) is 0.167. The number of rotatable bonds is 4. The van der Waals surface area contributed by atoms with Gasteiger partial charge < -0.3 is 9.73 Å². The summed E-state index contributed by atoms with van der Waals surface area (Å²) in [4.78, 5) is 9.92. The molecule has 0 aliphatic rings. The summed E-state index contributed by atoms with van der Waals surface area (Å²) in [6.45, 7) is 2.39. The fourth-order valence-corrected chi connectivity index (χ4v) is 1.93. The van der Waals surface area contributed by atoms with Crippen LogP contribution >= 0.6 is 15.9 Å². The monoisotopic (exact) mass is 310 g/mol. The van der Waals surface area contributed by atoms with E-state index in [1.54, 1.807) is 6.07 Å². The van der Waals surface area contributed by atoms with Crippen molar-refractivity contribution in [2.24, 2.45) is 0 Å². The van der Waals surface area contributed by atoms with Crippen molar-refractivity contribution >= 4 is 27.5 Å². The Morgan fingerprint density at radius 3 is 2.83 bits per heavy atom. The quantitative estimate of drug-likeness (QED) is 0.687. The van der Waals surface area contributed by atoms with Crippen LogP contribution in [0.3, 0.4) is 0 Å². The van der Waals surface area contributed by atoms with Crippen molar-refractivity contribution in [2.75, 3.05) is 5.32 Å². The molecular weight excluding hydrogens is 300 g/mol. The molecule has 0 saturated heterocycles. The van der Waals surface area contributed by atoms with Gasteiger partial charge in [0.2, 0.25) is 0 Å². The predicted octanol–water partition coefficient (Wildman–Crippen LogP) is 3.87. The molecule has 0 radical (unpaired) electrons. The Bertz CT molecular complexity index is 580. The van der Waals surface area contributed by atoms with Crippen molar-refractivity contribution in [1.82, 2.24) is 0 Å². The van der Waals surface area contributed by atoms with Crippen LogP contribution in [0.1, 0.15) is 11.3 Å². The number of nitro groups is 1. The highest BCUT2D eigenvalue weighted by Gasteiger charge is 2.11. The van der Waals surface area contributed by atoms with E-state index in [1.165, 1.54) is 6.07 Å². The first-order chi connectivity index (χ1) is 8.58. The maximum Gasteiger partial charge on any atom is 0.433 e. The molecule has 1 aromatic heterocycles. The Balaban J connectivity index is 2.07. The van der Waals surface area contributed by atoms with Crippen LogP contribution in [-0.2, 0) is 6.54 Å². The van der Waals surface area contributed by atoms with Crippen LogP contribution in [0.25, 0.3) is 0 Å². The molecule has 2 rings (SSSR count). The maximum atomic E-state index is 10.5. The Hall–Kier alpha value is -1.82. The molecule has 18 heavy (non-hydrogen) atoms. The van der Waals surface area contributed by atoms with E-state index in [-0.39, 0.29) is 5.88 Å². The molecule has 1 N–H and O–H groups in total. The Labute approximate surface area is 112 Å². The number of aryl methyl sites for hydroxylation is 1. The summed E-state index contributed by atoms with van der Waals surface area (Å²) in [5.41, 5.74) is 2.04. The Kier molecular flexibility index (Phi) is 3.66. The van der Waals surface area contributed by atoms with Crippen LogP contribution < -0.4 is 5.32 Å². The number of nitrogens with one attached hydrogen (secondary N) is 1. The number of nitrogens with zero attached hydrogens (tertiary/aromatic N) is 1. The van der Waals surface area contributed by atoms with Crippen molar-refractivity contribution in [2.45, 2.75) is 13.5 Å². The molecule has 0 saturated carbocycles. The number of hydrogen-bond donors (Lipinski definition) is 1. The molecule has 94 valence electrons. The van der Waals surface area contributed by atoms with Crippen molar-refractivity contribution in [1.29, 1.82) is 0 Å². The average Bonchev–Trinajstić information content (AvgIpc) is 2.80. The lowest BCUT2D eigenvalue weighted by atomic mass is 10.2. The van der Waals surface area contributed by atoms with Crippen LogP contribution in [0.2, 0.25) is 0 Å². The third-order valence-electron chi connectivity index (χ3n) is 2.47.